The maximum Gasteiger partial charge on any atom is 0.237 e. The highest BCUT2D eigenvalue weighted by molar-refractivity contribution is 8.00. The van der Waals surface area contributed by atoms with Gasteiger partial charge in [0.1, 0.15) is 0 Å². The van der Waals surface area contributed by atoms with E-state index >= 15 is 0 Å². The number of thioether (sulfide) groups is 1. The molecule has 1 unspecified atom stereocenters. The lowest BCUT2D eigenvalue weighted by atomic mass is 9.92. The topological polar surface area (TPSA) is 58.2 Å². The van der Waals surface area contributed by atoms with Gasteiger partial charge >= 0.3 is 0 Å². The number of nitrogens with one attached hydrogen (secondary N) is 2. The lowest BCUT2D eigenvalue weighted by Gasteiger charge is -2.18. The van der Waals surface area contributed by atoms with Gasteiger partial charge in [0, 0.05) is 22.7 Å². The van der Waals surface area contributed by atoms with E-state index in [0.717, 1.165) is 10.6 Å². The van der Waals surface area contributed by atoms with E-state index in [1.54, 1.807) is 18.2 Å². The van der Waals surface area contributed by atoms with Crippen molar-refractivity contribution < 1.29 is 9.59 Å². The Balaban J connectivity index is 2.03. The zero-order valence-electron chi connectivity index (χ0n) is 17.0. The maximum absolute atomic E-state index is 12.7. The second kappa shape index (κ2) is 10.4. The highest BCUT2D eigenvalue weighted by Gasteiger charge is 2.19. The molecule has 0 spiro atoms. The summed E-state index contributed by atoms with van der Waals surface area (Å²) in [6, 6.07) is 12.5. The number of anilines is 2. The molecule has 0 heterocycles. The molecule has 1 atom stereocenters. The summed E-state index contributed by atoms with van der Waals surface area (Å²) in [5, 5.41) is 6.36. The van der Waals surface area contributed by atoms with Gasteiger partial charge in [-0.05, 0) is 48.2 Å². The average molecular weight is 453 g/mol. The van der Waals surface area contributed by atoms with Crippen molar-refractivity contribution in [2.24, 2.45) is 5.41 Å². The van der Waals surface area contributed by atoms with Crippen LogP contribution in [0.3, 0.4) is 0 Å². The minimum Gasteiger partial charge on any atom is -0.326 e. The van der Waals surface area contributed by atoms with Crippen molar-refractivity contribution >= 4 is 58.2 Å². The molecule has 0 radical (unpaired) electrons. The molecule has 0 bridgehead atoms. The summed E-state index contributed by atoms with van der Waals surface area (Å²) in [6.07, 6.45) is 1.09. The average Bonchev–Trinajstić information content (AvgIpc) is 2.61. The summed E-state index contributed by atoms with van der Waals surface area (Å²) in [4.78, 5) is 25.8. The molecule has 0 aliphatic carbocycles. The van der Waals surface area contributed by atoms with Gasteiger partial charge in [0.25, 0.3) is 0 Å². The van der Waals surface area contributed by atoms with Crippen molar-refractivity contribution in [3.63, 3.8) is 0 Å². The number of amides is 2. The van der Waals surface area contributed by atoms with Crippen LogP contribution >= 0.6 is 35.0 Å². The molecule has 0 fully saturated rings. The zero-order chi connectivity index (χ0) is 21.6. The molecular weight excluding hydrogens is 427 g/mol. The van der Waals surface area contributed by atoms with E-state index in [1.807, 2.05) is 52.0 Å². The first-order valence-corrected chi connectivity index (χ1v) is 11.0. The number of hydrogen-bond donors (Lipinski definition) is 2. The van der Waals surface area contributed by atoms with Crippen LogP contribution in [0.15, 0.2) is 47.4 Å². The molecule has 2 rings (SSSR count). The van der Waals surface area contributed by atoms with E-state index in [-0.39, 0.29) is 22.5 Å². The van der Waals surface area contributed by atoms with E-state index < -0.39 is 0 Å². The lowest BCUT2D eigenvalue weighted by molar-refractivity contribution is -0.118. The molecule has 2 aromatic carbocycles. The highest BCUT2D eigenvalue weighted by atomic mass is 35.5. The molecule has 0 saturated heterocycles. The summed E-state index contributed by atoms with van der Waals surface area (Å²) >= 11 is 13.4. The second-order valence-electron chi connectivity index (χ2n) is 7.95. The Morgan fingerprint density at radius 2 is 1.69 bits per heavy atom. The zero-order valence-corrected chi connectivity index (χ0v) is 19.3. The van der Waals surface area contributed by atoms with Gasteiger partial charge in [0.2, 0.25) is 11.8 Å². The van der Waals surface area contributed by atoms with Crippen LogP contribution in [0.5, 0.6) is 0 Å². The predicted octanol–water partition coefficient (Wildman–Crippen LogP) is 6.88. The van der Waals surface area contributed by atoms with Gasteiger partial charge in [-0.2, -0.15) is 0 Å². The van der Waals surface area contributed by atoms with E-state index in [2.05, 4.69) is 10.6 Å². The van der Waals surface area contributed by atoms with E-state index in [0.29, 0.717) is 28.6 Å². The molecule has 29 heavy (non-hydrogen) atoms. The first-order chi connectivity index (χ1) is 13.6. The monoisotopic (exact) mass is 452 g/mol. The van der Waals surface area contributed by atoms with Crippen LogP contribution in [-0.4, -0.2) is 17.1 Å². The van der Waals surface area contributed by atoms with Crippen molar-refractivity contribution in [1.29, 1.82) is 0 Å². The van der Waals surface area contributed by atoms with Crippen molar-refractivity contribution in [1.82, 2.24) is 0 Å². The molecule has 2 amide bonds. The summed E-state index contributed by atoms with van der Waals surface area (Å²) in [5.41, 5.74) is 1.25. The SMILES string of the molecule is CCC(Sc1cccc(NC(=O)CC(C)(C)C)c1)C(=O)Nc1ccc(Cl)c(Cl)c1. The first-order valence-electron chi connectivity index (χ1n) is 9.40. The molecule has 4 nitrogen and oxygen atoms in total. The molecular formula is C22H26Cl2N2O2S. The van der Waals surface area contributed by atoms with Crippen LogP contribution in [0.2, 0.25) is 10.0 Å². The van der Waals surface area contributed by atoms with E-state index in [9.17, 15) is 9.59 Å². The largest absolute Gasteiger partial charge is 0.326 e. The summed E-state index contributed by atoms with van der Waals surface area (Å²) in [5.74, 6) is -0.137. The normalized spacial score (nSPS) is 12.3. The van der Waals surface area contributed by atoms with Crippen LogP contribution in [-0.2, 0) is 9.59 Å². The highest BCUT2D eigenvalue weighted by Crippen LogP contribution is 2.30. The third-order valence-electron chi connectivity index (χ3n) is 3.94. The van der Waals surface area contributed by atoms with Crippen LogP contribution in [0.25, 0.3) is 0 Å². The summed E-state index contributed by atoms with van der Waals surface area (Å²) in [6.45, 7) is 8.03. The number of rotatable bonds is 7. The standard InChI is InChI=1S/C22H26Cl2N2O2S/c1-5-19(21(28)26-15-9-10-17(23)18(24)12-15)29-16-8-6-7-14(11-16)25-20(27)13-22(2,3)4/h6-12,19H,5,13H2,1-4H3,(H,25,27)(H,26,28). The van der Waals surface area contributed by atoms with Crippen molar-refractivity contribution in [3.05, 3.63) is 52.5 Å². The van der Waals surface area contributed by atoms with Gasteiger partial charge in [-0.15, -0.1) is 11.8 Å². The Morgan fingerprint density at radius 1 is 1.00 bits per heavy atom. The Labute approximate surface area is 186 Å². The molecule has 0 aliphatic rings. The van der Waals surface area contributed by atoms with Crippen LogP contribution < -0.4 is 10.6 Å². The van der Waals surface area contributed by atoms with Crippen LogP contribution in [0, 0.1) is 5.41 Å². The lowest BCUT2D eigenvalue weighted by Crippen LogP contribution is -2.24. The van der Waals surface area contributed by atoms with E-state index in [1.165, 1.54) is 11.8 Å². The number of benzene rings is 2. The Bertz CT molecular complexity index is 881. The van der Waals surface area contributed by atoms with Crippen LogP contribution in [0.1, 0.15) is 40.5 Å². The number of carbonyl (C=O) groups is 2. The Morgan fingerprint density at radius 3 is 2.31 bits per heavy atom. The molecule has 2 N–H and O–H groups in total. The molecule has 0 aliphatic heterocycles. The predicted molar refractivity (Wildman–Crippen MR) is 124 cm³/mol. The number of carbonyl (C=O) groups excluding carboxylic acids is 2. The fourth-order valence-corrected chi connectivity index (χ4v) is 3.93. The summed E-state index contributed by atoms with van der Waals surface area (Å²) in [7, 11) is 0. The molecule has 156 valence electrons. The first kappa shape index (κ1) is 23.6. The quantitative estimate of drug-likeness (QED) is 0.450. The fourth-order valence-electron chi connectivity index (χ4n) is 2.62. The van der Waals surface area contributed by atoms with Gasteiger partial charge in [0.15, 0.2) is 0 Å². The minimum atomic E-state index is -0.287. The van der Waals surface area contributed by atoms with Gasteiger partial charge in [0.05, 0.1) is 15.3 Å². The minimum absolute atomic E-state index is 0.0240. The Kier molecular flexibility index (Phi) is 8.44. The molecule has 2 aromatic rings. The molecule has 0 aromatic heterocycles. The van der Waals surface area contributed by atoms with Crippen molar-refractivity contribution in [2.45, 2.75) is 50.7 Å². The van der Waals surface area contributed by atoms with E-state index in [4.69, 9.17) is 23.2 Å². The number of halogens is 2. The smallest absolute Gasteiger partial charge is 0.237 e. The molecule has 7 heteroatoms. The van der Waals surface area contributed by atoms with Crippen molar-refractivity contribution in [3.8, 4) is 0 Å². The van der Waals surface area contributed by atoms with Gasteiger partial charge < -0.3 is 10.6 Å². The van der Waals surface area contributed by atoms with Crippen LogP contribution in [0.4, 0.5) is 11.4 Å². The number of hydrogen-bond acceptors (Lipinski definition) is 3. The maximum atomic E-state index is 12.7. The summed E-state index contributed by atoms with van der Waals surface area (Å²) < 4.78 is 0. The van der Waals surface area contributed by atoms with Gasteiger partial charge in [-0.25, -0.2) is 0 Å². The molecule has 0 saturated carbocycles. The second-order valence-corrected chi connectivity index (χ2v) is 10.0. The van der Waals surface area contributed by atoms with Crippen molar-refractivity contribution in [2.75, 3.05) is 10.6 Å². The van der Waals surface area contributed by atoms with Gasteiger partial charge in [-0.1, -0.05) is 57.0 Å². The third-order valence-corrected chi connectivity index (χ3v) is 6.03. The third kappa shape index (κ3) is 7.92. The fraction of sp³-hybridized carbons (Fsp3) is 0.364. The van der Waals surface area contributed by atoms with Gasteiger partial charge in [-0.3, -0.25) is 9.59 Å². The Hall–Kier alpha value is -1.69.